The number of piperazine rings is 1. The maximum absolute atomic E-state index is 12.8. The molecule has 0 aromatic heterocycles. The van der Waals surface area contributed by atoms with Crippen molar-refractivity contribution in [3.63, 3.8) is 0 Å². The molecule has 1 fully saturated rings. The summed E-state index contributed by atoms with van der Waals surface area (Å²) in [5.74, 6) is -0.623. The number of para-hydroxylation sites is 1. The van der Waals surface area contributed by atoms with E-state index < -0.39 is 9.84 Å². The molecule has 150 valence electrons. The summed E-state index contributed by atoms with van der Waals surface area (Å²) in [6.07, 6.45) is 2.60. The van der Waals surface area contributed by atoms with Crippen LogP contribution in [-0.4, -0.2) is 57.6 Å². The summed E-state index contributed by atoms with van der Waals surface area (Å²) in [4.78, 5) is 30.8. The Labute approximate surface area is 169 Å². The molecule has 0 aliphatic carbocycles. The number of hydrogen-bond acceptors (Lipinski definition) is 6. The molecular weight excluding hydrogens is 390 g/mol. The van der Waals surface area contributed by atoms with Crippen LogP contribution >= 0.6 is 0 Å². The van der Waals surface area contributed by atoms with E-state index in [1.54, 1.807) is 48.5 Å². The number of sulfone groups is 1. The van der Waals surface area contributed by atoms with Crippen molar-refractivity contribution in [2.75, 3.05) is 42.2 Å². The Morgan fingerprint density at radius 3 is 1.93 bits per heavy atom. The van der Waals surface area contributed by atoms with Crippen LogP contribution in [0.3, 0.4) is 0 Å². The fourth-order valence-electron chi connectivity index (χ4n) is 3.62. The van der Waals surface area contributed by atoms with Crippen LogP contribution in [0.2, 0.25) is 0 Å². The van der Waals surface area contributed by atoms with Gasteiger partial charge in [-0.1, -0.05) is 18.2 Å². The summed E-state index contributed by atoms with van der Waals surface area (Å²) in [6, 6.07) is 15.7. The van der Waals surface area contributed by atoms with Gasteiger partial charge in [0, 0.05) is 44.2 Å². The van der Waals surface area contributed by atoms with E-state index in [0.717, 1.165) is 5.69 Å². The van der Waals surface area contributed by atoms with Gasteiger partial charge in [0.25, 0.3) is 11.8 Å². The second kappa shape index (κ2) is 7.36. The third-order valence-corrected chi connectivity index (χ3v) is 6.30. The molecule has 2 aromatic rings. The molecule has 0 bridgehead atoms. The molecule has 0 saturated carbocycles. The zero-order valence-corrected chi connectivity index (χ0v) is 16.8. The second-order valence-corrected chi connectivity index (χ2v) is 9.10. The van der Waals surface area contributed by atoms with Gasteiger partial charge in [-0.25, -0.2) is 13.3 Å². The zero-order valence-electron chi connectivity index (χ0n) is 16.0. The van der Waals surface area contributed by atoms with E-state index in [1.165, 1.54) is 17.2 Å². The molecule has 0 radical (unpaired) electrons. The van der Waals surface area contributed by atoms with Crippen LogP contribution in [0.1, 0.15) is 0 Å². The molecule has 4 rings (SSSR count). The Hall–Kier alpha value is -3.13. The van der Waals surface area contributed by atoms with Gasteiger partial charge in [-0.3, -0.25) is 9.59 Å². The SMILES string of the molecule is CS(=O)(=O)c1ccc(N2CCN(C3=CC(=O)N(c4ccccc4)C3=O)CC2)cc1. The Bertz CT molecular complexity index is 1070. The minimum absolute atomic E-state index is 0.293. The maximum Gasteiger partial charge on any atom is 0.281 e. The van der Waals surface area contributed by atoms with Crippen molar-refractivity contribution in [3.8, 4) is 0 Å². The van der Waals surface area contributed by atoms with E-state index in [4.69, 9.17) is 0 Å². The summed E-state index contributed by atoms with van der Waals surface area (Å²) in [6.45, 7) is 2.54. The molecule has 8 heteroatoms. The molecule has 1 saturated heterocycles. The van der Waals surface area contributed by atoms with Crippen molar-refractivity contribution in [2.24, 2.45) is 0 Å². The Kier molecular flexibility index (Phi) is 4.87. The van der Waals surface area contributed by atoms with Crippen molar-refractivity contribution in [3.05, 3.63) is 66.4 Å². The first-order valence-corrected chi connectivity index (χ1v) is 11.2. The number of anilines is 2. The highest BCUT2D eigenvalue weighted by Gasteiger charge is 2.36. The van der Waals surface area contributed by atoms with Crippen molar-refractivity contribution in [2.45, 2.75) is 4.90 Å². The molecule has 0 unspecified atom stereocenters. The zero-order chi connectivity index (χ0) is 20.6. The van der Waals surface area contributed by atoms with Crippen molar-refractivity contribution in [1.82, 2.24) is 4.90 Å². The molecule has 2 aliphatic heterocycles. The summed E-state index contributed by atoms with van der Waals surface area (Å²) in [5, 5.41) is 0. The minimum atomic E-state index is -3.22. The molecule has 2 aliphatic rings. The van der Waals surface area contributed by atoms with Crippen LogP contribution in [0.5, 0.6) is 0 Å². The van der Waals surface area contributed by atoms with Crippen molar-refractivity contribution >= 4 is 33.0 Å². The van der Waals surface area contributed by atoms with E-state index in [0.29, 0.717) is 42.5 Å². The fraction of sp³-hybridized carbons (Fsp3) is 0.238. The van der Waals surface area contributed by atoms with Crippen LogP contribution in [0, 0.1) is 0 Å². The lowest BCUT2D eigenvalue weighted by Gasteiger charge is -2.37. The molecule has 0 N–H and O–H groups in total. The summed E-state index contributed by atoms with van der Waals surface area (Å²) >= 11 is 0. The van der Waals surface area contributed by atoms with Crippen LogP contribution in [0.15, 0.2) is 71.3 Å². The van der Waals surface area contributed by atoms with Gasteiger partial charge in [-0.05, 0) is 36.4 Å². The van der Waals surface area contributed by atoms with Crippen molar-refractivity contribution < 1.29 is 18.0 Å². The first-order valence-electron chi connectivity index (χ1n) is 9.30. The van der Waals surface area contributed by atoms with E-state index in [1.807, 2.05) is 11.0 Å². The maximum atomic E-state index is 12.8. The van der Waals surface area contributed by atoms with Gasteiger partial charge < -0.3 is 9.80 Å². The monoisotopic (exact) mass is 411 g/mol. The quantitative estimate of drug-likeness (QED) is 0.713. The van der Waals surface area contributed by atoms with Crippen molar-refractivity contribution in [1.29, 1.82) is 0 Å². The van der Waals surface area contributed by atoms with Gasteiger partial charge in [0.2, 0.25) is 0 Å². The highest BCUT2D eigenvalue weighted by Crippen LogP contribution is 2.26. The molecule has 2 heterocycles. The Morgan fingerprint density at radius 1 is 0.759 bits per heavy atom. The minimum Gasteiger partial charge on any atom is -0.368 e. The Balaban J connectivity index is 1.43. The van der Waals surface area contributed by atoms with E-state index in [9.17, 15) is 18.0 Å². The molecule has 7 nitrogen and oxygen atoms in total. The lowest BCUT2D eigenvalue weighted by molar-refractivity contribution is -0.121. The smallest absolute Gasteiger partial charge is 0.281 e. The van der Waals surface area contributed by atoms with E-state index in [2.05, 4.69) is 4.90 Å². The first kappa shape index (κ1) is 19.2. The third-order valence-electron chi connectivity index (χ3n) is 5.17. The first-order chi connectivity index (χ1) is 13.8. The average molecular weight is 411 g/mol. The van der Waals surface area contributed by atoms with Crippen LogP contribution in [0.4, 0.5) is 11.4 Å². The number of carbonyl (C=O) groups excluding carboxylic acids is 2. The molecule has 0 spiro atoms. The number of imide groups is 1. The fourth-order valence-corrected chi connectivity index (χ4v) is 4.25. The van der Waals surface area contributed by atoms with Gasteiger partial charge >= 0.3 is 0 Å². The number of nitrogens with zero attached hydrogens (tertiary/aromatic N) is 3. The topological polar surface area (TPSA) is 78.0 Å². The molecule has 2 aromatic carbocycles. The van der Waals surface area contributed by atoms with Crippen LogP contribution in [-0.2, 0) is 19.4 Å². The van der Waals surface area contributed by atoms with Gasteiger partial charge in [-0.15, -0.1) is 0 Å². The molecule has 0 atom stereocenters. The third kappa shape index (κ3) is 3.75. The molecule has 29 heavy (non-hydrogen) atoms. The number of carbonyl (C=O) groups is 2. The number of amides is 2. The van der Waals surface area contributed by atoms with Gasteiger partial charge in [0.05, 0.1) is 10.6 Å². The lowest BCUT2D eigenvalue weighted by atomic mass is 10.2. The number of benzene rings is 2. The second-order valence-electron chi connectivity index (χ2n) is 7.08. The normalized spacial score (nSPS) is 17.7. The largest absolute Gasteiger partial charge is 0.368 e. The standard InChI is InChI=1S/C21H21N3O4S/c1-29(27,28)18-9-7-16(8-10-18)22-11-13-23(14-12-22)19-15-20(25)24(21(19)26)17-5-3-2-4-6-17/h2-10,15H,11-14H2,1H3. The predicted molar refractivity (Wildman–Crippen MR) is 110 cm³/mol. The van der Waals surface area contributed by atoms with Crippen LogP contribution in [0.25, 0.3) is 0 Å². The summed E-state index contributed by atoms with van der Waals surface area (Å²) < 4.78 is 23.2. The van der Waals surface area contributed by atoms with E-state index >= 15 is 0 Å². The Morgan fingerprint density at radius 2 is 1.34 bits per heavy atom. The highest BCUT2D eigenvalue weighted by atomic mass is 32.2. The van der Waals surface area contributed by atoms with Gasteiger partial charge in [0.15, 0.2) is 9.84 Å². The number of rotatable bonds is 4. The van der Waals surface area contributed by atoms with E-state index in [-0.39, 0.29) is 11.8 Å². The van der Waals surface area contributed by atoms with Gasteiger partial charge in [-0.2, -0.15) is 0 Å². The molecule has 2 amide bonds. The van der Waals surface area contributed by atoms with Crippen LogP contribution < -0.4 is 9.80 Å². The summed E-state index contributed by atoms with van der Waals surface area (Å²) in [5.41, 5.74) is 1.93. The van der Waals surface area contributed by atoms with Gasteiger partial charge in [0.1, 0.15) is 5.70 Å². The predicted octanol–water partition coefficient (Wildman–Crippen LogP) is 1.67. The average Bonchev–Trinajstić information content (AvgIpc) is 3.02. The summed E-state index contributed by atoms with van der Waals surface area (Å²) in [7, 11) is -3.22. The molecular formula is C21H21N3O4S. The number of hydrogen-bond donors (Lipinski definition) is 0. The lowest BCUT2D eigenvalue weighted by Crippen LogP contribution is -2.47. The highest BCUT2D eigenvalue weighted by molar-refractivity contribution is 7.90.